The van der Waals surface area contributed by atoms with Crippen molar-refractivity contribution in [1.82, 2.24) is 4.98 Å². The average molecular weight is 362 g/mol. The molecule has 0 spiro atoms. The number of aromatic amines is 1. The number of H-pyrrole nitrogens is 1. The van der Waals surface area contributed by atoms with E-state index in [4.69, 9.17) is 9.47 Å². The molecule has 1 aliphatic rings. The number of hydrogen-bond donors (Lipinski definition) is 2. The third kappa shape index (κ3) is 2.72. The molecule has 0 atom stereocenters. The Hall–Kier alpha value is -3.27. The van der Waals surface area contributed by atoms with E-state index in [0.29, 0.717) is 11.5 Å². The first-order valence-corrected chi connectivity index (χ1v) is 8.50. The third-order valence-electron chi connectivity index (χ3n) is 3.57. The van der Waals surface area contributed by atoms with Crippen LogP contribution in [0.5, 0.6) is 11.5 Å². The highest BCUT2D eigenvalue weighted by molar-refractivity contribution is 7.92. The molecule has 10 heteroatoms. The number of anilines is 1. The van der Waals surface area contributed by atoms with Crippen LogP contribution in [-0.4, -0.2) is 20.2 Å². The van der Waals surface area contributed by atoms with Crippen LogP contribution in [0.25, 0.3) is 10.9 Å². The van der Waals surface area contributed by atoms with Crippen LogP contribution < -0.4 is 25.6 Å². The molecular formula is C15H10N2O7S. The molecule has 0 fully saturated rings. The zero-order valence-corrected chi connectivity index (χ0v) is 13.3. The number of nitrogens with one attached hydrogen (secondary N) is 2. The number of hydrogen-bond acceptors (Lipinski definition) is 7. The fraction of sp³-hybridized carbons (Fsp3) is 0.0667. The number of aromatic nitrogens is 1. The lowest BCUT2D eigenvalue weighted by atomic mass is 10.2. The summed E-state index contributed by atoms with van der Waals surface area (Å²) >= 11 is 0. The van der Waals surface area contributed by atoms with Gasteiger partial charge in [-0.05, 0) is 30.3 Å². The first-order valence-electron chi connectivity index (χ1n) is 7.02. The van der Waals surface area contributed by atoms with Gasteiger partial charge in [0.15, 0.2) is 11.5 Å². The third-order valence-corrected chi connectivity index (χ3v) is 4.95. The summed E-state index contributed by atoms with van der Waals surface area (Å²) in [5.41, 5.74) is -0.458. The highest BCUT2D eigenvalue weighted by Gasteiger charge is 2.19. The molecular weight excluding hydrogens is 352 g/mol. The highest BCUT2D eigenvalue weighted by Crippen LogP contribution is 2.34. The second-order valence-corrected chi connectivity index (χ2v) is 6.87. The van der Waals surface area contributed by atoms with Gasteiger partial charge in [-0.3, -0.25) is 9.71 Å². The van der Waals surface area contributed by atoms with E-state index in [9.17, 15) is 18.0 Å². The van der Waals surface area contributed by atoms with Crippen LogP contribution >= 0.6 is 0 Å². The first kappa shape index (κ1) is 15.3. The minimum absolute atomic E-state index is 0.0480. The molecule has 2 heterocycles. The maximum absolute atomic E-state index is 12.5. The van der Waals surface area contributed by atoms with Crippen molar-refractivity contribution in [3.8, 4) is 11.5 Å². The highest BCUT2D eigenvalue weighted by atomic mass is 32.2. The quantitative estimate of drug-likeness (QED) is 0.711. The van der Waals surface area contributed by atoms with Crippen LogP contribution in [0, 0.1) is 0 Å². The minimum Gasteiger partial charge on any atom is -0.454 e. The van der Waals surface area contributed by atoms with Gasteiger partial charge in [0.05, 0.1) is 21.5 Å². The maximum atomic E-state index is 12.5. The second kappa shape index (κ2) is 5.38. The van der Waals surface area contributed by atoms with Gasteiger partial charge in [0.1, 0.15) is 0 Å². The Bertz CT molecular complexity index is 1210. The van der Waals surface area contributed by atoms with Crippen molar-refractivity contribution in [3.63, 3.8) is 0 Å². The summed E-state index contributed by atoms with van der Waals surface area (Å²) in [5, 5.41) is -0.0480. The standard InChI is InChI=1S/C15H10N2O7S/c18-14-10-6-9(2-3-11(10)16-15(19)24-14)25(20,21)17-8-1-4-12-13(5-8)23-7-22-12/h1-6,17H,7H2,(H,16,19). The van der Waals surface area contributed by atoms with Gasteiger partial charge in [-0.15, -0.1) is 0 Å². The van der Waals surface area contributed by atoms with Crippen LogP contribution in [-0.2, 0) is 10.0 Å². The molecule has 0 bridgehead atoms. The van der Waals surface area contributed by atoms with Crippen molar-refractivity contribution in [3.05, 3.63) is 57.4 Å². The summed E-state index contributed by atoms with van der Waals surface area (Å²) in [7, 11) is -3.97. The minimum atomic E-state index is -3.97. The Balaban J connectivity index is 1.74. The second-order valence-electron chi connectivity index (χ2n) is 5.18. The SMILES string of the molecule is O=c1[nH]c2ccc(S(=O)(=O)Nc3ccc4c(c3)OCO4)cc2c(=O)o1. The largest absolute Gasteiger partial charge is 0.454 e. The van der Waals surface area contributed by atoms with E-state index < -0.39 is 21.4 Å². The van der Waals surface area contributed by atoms with Crippen LogP contribution in [0.1, 0.15) is 0 Å². The Kier molecular flexibility index (Phi) is 3.29. The lowest BCUT2D eigenvalue weighted by Crippen LogP contribution is -2.16. The molecule has 2 N–H and O–H groups in total. The number of rotatable bonds is 3. The predicted molar refractivity (Wildman–Crippen MR) is 86.5 cm³/mol. The zero-order chi connectivity index (χ0) is 17.6. The first-order chi connectivity index (χ1) is 11.9. The van der Waals surface area contributed by atoms with E-state index >= 15 is 0 Å². The monoisotopic (exact) mass is 362 g/mol. The molecule has 0 saturated carbocycles. The van der Waals surface area contributed by atoms with E-state index in [0.717, 1.165) is 6.07 Å². The van der Waals surface area contributed by atoms with Gasteiger partial charge < -0.3 is 13.9 Å². The fourth-order valence-electron chi connectivity index (χ4n) is 2.42. The van der Waals surface area contributed by atoms with Crippen molar-refractivity contribution >= 4 is 26.6 Å². The summed E-state index contributed by atoms with van der Waals surface area (Å²) < 4.78 is 42.2. The molecule has 1 aliphatic heterocycles. The lowest BCUT2D eigenvalue weighted by molar-refractivity contribution is 0.174. The summed E-state index contributed by atoms with van der Waals surface area (Å²) in [6.45, 7) is 0.0736. The summed E-state index contributed by atoms with van der Waals surface area (Å²) in [5.74, 6) is 0.0405. The number of benzene rings is 2. The van der Waals surface area contributed by atoms with Gasteiger partial charge in [0.25, 0.3) is 10.0 Å². The van der Waals surface area contributed by atoms with Crippen LogP contribution in [0.4, 0.5) is 5.69 Å². The van der Waals surface area contributed by atoms with Crippen molar-refractivity contribution < 1.29 is 22.3 Å². The lowest BCUT2D eigenvalue weighted by Gasteiger charge is -2.09. The topological polar surface area (TPSA) is 128 Å². The summed E-state index contributed by atoms with van der Waals surface area (Å²) in [6, 6.07) is 8.33. The van der Waals surface area contributed by atoms with E-state index in [2.05, 4.69) is 14.1 Å². The molecule has 3 aromatic rings. The molecule has 2 aromatic carbocycles. The molecule has 0 aliphatic carbocycles. The number of ether oxygens (including phenoxy) is 2. The normalized spacial score (nSPS) is 13.1. The molecule has 0 radical (unpaired) electrons. The van der Waals surface area contributed by atoms with Crippen molar-refractivity contribution in [2.45, 2.75) is 4.90 Å². The van der Waals surface area contributed by atoms with Gasteiger partial charge in [0, 0.05) is 6.07 Å². The van der Waals surface area contributed by atoms with Crippen LogP contribution in [0.2, 0.25) is 0 Å². The predicted octanol–water partition coefficient (Wildman–Crippen LogP) is 1.01. The Morgan fingerprint density at radius 2 is 1.80 bits per heavy atom. The van der Waals surface area contributed by atoms with Crippen LogP contribution in [0.15, 0.2) is 55.3 Å². The number of sulfonamides is 1. The Morgan fingerprint density at radius 3 is 2.64 bits per heavy atom. The smallest absolute Gasteiger partial charge is 0.419 e. The van der Waals surface area contributed by atoms with Gasteiger partial charge in [0.2, 0.25) is 6.79 Å². The van der Waals surface area contributed by atoms with Gasteiger partial charge in [-0.25, -0.2) is 18.0 Å². The molecule has 128 valence electrons. The molecule has 4 rings (SSSR count). The molecule has 9 nitrogen and oxygen atoms in total. The molecule has 0 amide bonds. The maximum Gasteiger partial charge on any atom is 0.419 e. The van der Waals surface area contributed by atoms with E-state index in [1.54, 1.807) is 6.07 Å². The number of fused-ring (bicyclic) bond motifs is 2. The van der Waals surface area contributed by atoms with Crippen LogP contribution in [0.3, 0.4) is 0 Å². The van der Waals surface area contributed by atoms with E-state index in [1.807, 2.05) is 0 Å². The van der Waals surface area contributed by atoms with Crippen molar-refractivity contribution in [2.24, 2.45) is 0 Å². The summed E-state index contributed by atoms with van der Waals surface area (Å²) in [6.07, 6.45) is 0. The van der Waals surface area contributed by atoms with Crippen molar-refractivity contribution in [1.29, 1.82) is 0 Å². The van der Waals surface area contributed by atoms with E-state index in [-0.39, 0.29) is 28.3 Å². The molecule has 0 unspecified atom stereocenters. The summed E-state index contributed by atoms with van der Waals surface area (Å²) in [4.78, 5) is 25.0. The van der Waals surface area contributed by atoms with E-state index in [1.165, 1.54) is 24.3 Å². The average Bonchev–Trinajstić information content (AvgIpc) is 3.01. The fourth-order valence-corrected chi connectivity index (χ4v) is 3.49. The Morgan fingerprint density at radius 1 is 1.00 bits per heavy atom. The molecule has 25 heavy (non-hydrogen) atoms. The van der Waals surface area contributed by atoms with Gasteiger partial charge >= 0.3 is 11.4 Å². The van der Waals surface area contributed by atoms with Crippen molar-refractivity contribution in [2.75, 3.05) is 11.5 Å². The Labute approximate surface area is 139 Å². The molecule has 1 aromatic heterocycles. The molecule has 0 saturated heterocycles. The van der Waals surface area contributed by atoms with Gasteiger partial charge in [-0.2, -0.15) is 0 Å². The zero-order valence-electron chi connectivity index (χ0n) is 12.4. The van der Waals surface area contributed by atoms with Gasteiger partial charge in [-0.1, -0.05) is 0 Å².